The van der Waals surface area contributed by atoms with Crippen molar-refractivity contribution in [3.05, 3.63) is 108 Å². The van der Waals surface area contributed by atoms with Gasteiger partial charge in [-0.15, -0.1) is 0 Å². The van der Waals surface area contributed by atoms with Gasteiger partial charge in [0.2, 0.25) is 0 Å². The number of halogens is 1. The summed E-state index contributed by atoms with van der Waals surface area (Å²) >= 11 is 0. The normalized spacial score (nSPS) is 15.6. The van der Waals surface area contributed by atoms with Crippen molar-refractivity contribution in [2.45, 2.75) is 57.6 Å². The summed E-state index contributed by atoms with van der Waals surface area (Å²) in [7, 11) is 0. The lowest BCUT2D eigenvalue weighted by molar-refractivity contribution is 0.0697. The summed E-state index contributed by atoms with van der Waals surface area (Å²) < 4.78 is 24.2. The number of pyridine rings is 1. The zero-order chi connectivity index (χ0) is 30.9. The van der Waals surface area contributed by atoms with E-state index in [4.69, 9.17) is 14.7 Å². The van der Waals surface area contributed by atoms with Gasteiger partial charge in [0.15, 0.2) is 0 Å². The molecule has 3 heterocycles. The molecule has 1 N–H and O–H groups in total. The van der Waals surface area contributed by atoms with Crippen molar-refractivity contribution in [3.8, 4) is 28.3 Å². The van der Waals surface area contributed by atoms with Crippen molar-refractivity contribution in [2.75, 3.05) is 11.4 Å². The van der Waals surface area contributed by atoms with Crippen molar-refractivity contribution in [1.82, 2.24) is 14.5 Å². The summed E-state index contributed by atoms with van der Waals surface area (Å²) in [5.74, 6) is 0.275. The third kappa shape index (κ3) is 5.68. The fourth-order valence-electron chi connectivity index (χ4n) is 6.69. The third-order valence-electron chi connectivity index (χ3n) is 8.98. The van der Waals surface area contributed by atoms with Gasteiger partial charge in [-0.1, -0.05) is 56.2 Å². The molecule has 1 aliphatic carbocycles. The predicted octanol–water partition coefficient (Wildman–Crippen LogP) is 8.80. The highest BCUT2D eigenvalue weighted by atomic mass is 19.1. The molecule has 1 aliphatic heterocycles. The van der Waals surface area contributed by atoms with E-state index in [1.54, 1.807) is 30.3 Å². The van der Waals surface area contributed by atoms with Crippen LogP contribution in [0.15, 0.2) is 91.1 Å². The SMILES string of the molecule is C=C1CCCN1c1ccc(-c2ccccc2)c(COc2ccc(-c3nc4cc(C(=O)O)ccc4n3C3CCCCC3)c(F)c2)n1. The zero-order valence-electron chi connectivity index (χ0n) is 25.1. The standard InChI is InChI=1S/C37H35FN4O3/c1-24-9-8-20-41(24)35-19-17-29(25-10-4-2-5-11-25)33(39-35)23-45-28-15-16-30(31(38)22-28)36-40-32-21-26(37(43)44)14-18-34(32)42(36)27-12-6-3-7-13-27/h2,4-5,10-11,14-19,21-22,27H,1,3,6-9,12-13,20,23H2,(H,43,44). The number of carbonyl (C=O) groups is 1. The number of carboxylic acids is 1. The second-order valence-electron chi connectivity index (χ2n) is 11.9. The van der Waals surface area contributed by atoms with Gasteiger partial charge in [-0.05, 0) is 73.7 Å². The van der Waals surface area contributed by atoms with E-state index >= 15 is 4.39 Å². The molecule has 2 aromatic heterocycles. The number of hydrogen-bond donors (Lipinski definition) is 1. The third-order valence-corrected chi connectivity index (χ3v) is 8.98. The number of fused-ring (bicyclic) bond motifs is 1. The first-order valence-electron chi connectivity index (χ1n) is 15.6. The van der Waals surface area contributed by atoms with Crippen molar-refractivity contribution in [2.24, 2.45) is 0 Å². The molecule has 0 unspecified atom stereocenters. The highest BCUT2D eigenvalue weighted by molar-refractivity contribution is 5.93. The van der Waals surface area contributed by atoms with E-state index in [1.165, 1.54) is 12.5 Å². The number of benzene rings is 3. The molecule has 3 aromatic carbocycles. The van der Waals surface area contributed by atoms with Gasteiger partial charge < -0.3 is 19.3 Å². The Hall–Kier alpha value is -4.98. The molecule has 2 fully saturated rings. The lowest BCUT2D eigenvalue weighted by Gasteiger charge is -2.25. The van der Waals surface area contributed by atoms with Gasteiger partial charge in [0, 0.05) is 29.9 Å². The predicted molar refractivity (Wildman–Crippen MR) is 174 cm³/mol. The van der Waals surface area contributed by atoms with E-state index in [0.29, 0.717) is 22.7 Å². The van der Waals surface area contributed by atoms with Crippen LogP contribution < -0.4 is 9.64 Å². The second kappa shape index (κ2) is 12.2. The minimum absolute atomic E-state index is 0.160. The lowest BCUT2D eigenvalue weighted by Crippen LogP contribution is -2.18. The molecule has 7 nitrogen and oxygen atoms in total. The maximum absolute atomic E-state index is 15.9. The number of ether oxygens (including phenoxy) is 1. The Labute approximate surface area is 261 Å². The smallest absolute Gasteiger partial charge is 0.335 e. The minimum Gasteiger partial charge on any atom is -0.487 e. The monoisotopic (exact) mass is 602 g/mol. The minimum atomic E-state index is -1.01. The molecule has 8 heteroatoms. The molecule has 228 valence electrons. The van der Waals surface area contributed by atoms with Crippen molar-refractivity contribution < 1.29 is 19.0 Å². The van der Waals surface area contributed by atoms with E-state index in [0.717, 1.165) is 78.9 Å². The number of hydrogen-bond acceptors (Lipinski definition) is 5. The molecular weight excluding hydrogens is 567 g/mol. The van der Waals surface area contributed by atoms with Crippen LogP contribution in [0.1, 0.15) is 67.0 Å². The fraction of sp³-hybridized carbons (Fsp3) is 0.270. The molecule has 2 aliphatic rings. The molecule has 0 bridgehead atoms. The summed E-state index contributed by atoms with van der Waals surface area (Å²) in [6.45, 7) is 5.24. The van der Waals surface area contributed by atoms with Crippen LogP contribution in [0.4, 0.5) is 10.2 Å². The van der Waals surface area contributed by atoms with Crippen LogP contribution in [-0.2, 0) is 6.61 Å². The van der Waals surface area contributed by atoms with Gasteiger partial charge in [0.25, 0.3) is 0 Å². The van der Waals surface area contributed by atoms with E-state index in [9.17, 15) is 9.90 Å². The zero-order valence-corrected chi connectivity index (χ0v) is 25.1. The molecule has 0 radical (unpaired) electrons. The molecule has 0 atom stereocenters. The van der Waals surface area contributed by atoms with Crippen LogP contribution in [0.3, 0.4) is 0 Å². The summed E-state index contributed by atoms with van der Waals surface area (Å²) in [5.41, 5.74) is 5.70. The van der Waals surface area contributed by atoms with Crippen LogP contribution in [0.25, 0.3) is 33.5 Å². The number of imidazole rings is 1. The lowest BCUT2D eigenvalue weighted by atomic mass is 9.94. The average Bonchev–Trinajstić information content (AvgIpc) is 3.67. The number of nitrogens with zero attached hydrogens (tertiary/aromatic N) is 4. The van der Waals surface area contributed by atoms with Gasteiger partial charge in [-0.2, -0.15) is 0 Å². The van der Waals surface area contributed by atoms with E-state index < -0.39 is 11.8 Å². The van der Waals surface area contributed by atoms with Crippen LogP contribution >= 0.6 is 0 Å². The first-order chi connectivity index (χ1) is 22.0. The molecule has 1 saturated carbocycles. The average molecular weight is 603 g/mol. The van der Waals surface area contributed by atoms with Crippen LogP contribution in [0.2, 0.25) is 0 Å². The van der Waals surface area contributed by atoms with Crippen LogP contribution in [0, 0.1) is 5.82 Å². The van der Waals surface area contributed by atoms with E-state index in [-0.39, 0.29) is 18.2 Å². The topological polar surface area (TPSA) is 80.5 Å². The van der Waals surface area contributed by atoms with Gasteiger partial charge in [0.05, 0.1) is 27.9 Å². The van der Waals surface area contributed by atoms with Crippen molar-refractivity contribution in [3.63, 3.8) is 0 Å². The first kappa shape index (κ1) is 28.8. The Bertz CT molecular complexity index is 1900. The van der Waals surface area contributed by atoms with Gasteiger partial charge in [-0.25, -0.2) is 19.2 Å². The number of allylic oxidation sites excluding steroid dienone is 1. The fourth-order valence-corrected chi connectivity index (χ4v) is 6.69. The Morgan fingerprint density at radius 1 is 0.933 bits per heavy atom. The summed E-state index contributed by atoms with van der Waals surface area (Å²) in [5, 5.41) is 9.54. The Morgan fingerprint density at radius 2 is 1.73 bits per heavy atom. The molecule has 0 amide bonds. The molecule has 0 spiro atoms. The Balaban J connectivity index is 1.21. The number of rotatable bonds is 8. The first-order valence-corrected chi connectivity index (χ1v) is 15.6. The second-order valence-corrected chi connectivity index (χ2v) is 11.9. The van der Waals surface area contributed by atoms with Gasteiger partial charge >= 0.3 is 5.97 Å². The maximum atomic E-state index is 15.9. The van der Waals surface area contributed by atoms with E-state index in [2.05, 4.69) is 22.1 Å². The van der Waals surface area contributed by atoms with Crippen molar-refractivity contribution in [1.29, 1.82) is 0 Å². The van der Waals surface area contributed by atoms with Crippen LogP contribution in [-0.4, -0.2) is 32.2 Å². The number of anilines is 1. The van der Waals surface area contributed by atoms with Gasteiger partial charge in [0.1, 0.15) is 29.8 Å². The van der Waals surface area contributed by atoms with Crippen LogP contribution in [0.5, 0.6) is 5.75 Å². The summed E-state index contributed by atoms with van der Waals surface area (Å²) in [4.78, 5) is 23.6. The Kier molecular flexibility index (Phi) is 7.79. The molecular formula is C37H35FN4O3. The number of aromatic carboxylic acids is 1. The Morgan fingerprint density at radius 3 is 2.47 bits per heavy atom. The van der Waals surface area contributed by atoms with Gasteiger partial charge in [-0.3, -0.25) is 0 Å². The number of carboxylic acid groups (broad SMARTS) is 1. The highest BCUT2D eigenvalue weighted by Crippen LogP contribution is 2.38. The molecule has 7 rings (SSSR count). The molecule has 45 heavy (non-hydrogen) atoms. The quantitative estimate of drug-likeness (QED) is 0.191. The largest absolute Gasteiger partial charge is 0.487 e. The summed E-state index contributed by atoms with van der Waals surface area (Å²) in [6, 6.07) is 24.1. The maximum Gasteiger partial charge on any atom is 0.335 e. The highest BCUT2D eigenvalue weighted by Gasteiger charge is 2.25. The number of aromatic nitrogens is 3. The molecule has 5 aromatic rings. The van der Waals surface area contributed by atoms with E-state index in [1.807, 2.05) is 36.4 Å². The summed E-state index contributed by atoms with van der Waals surface area (Å²) in [6.07, 6.45) is 7.32. The van der Waals surface area contributed by atoms with Crippen molar-refractivity contribution >= 4 is 22.8 Å². The molecule has 1 saturated heterocycles.